The number of hydrogen-bond donors (Lipinski definition) is 0. The van der Waals surface area contributed by atoms with Crippen molar-refractivity contribution in [1.29, 1.82) is 0 Å². The third kappa shape index (κ3) is 4.58. The molecule has 0 spiro atoms. The minimum absolute atomic E-state index is 0.601. The third-order valence-corrected chi connectivity index (χ3v) is 11.0. The Balaban J connectivity index is 1.07. The van der Waals surface area contributed by atoms with Crippen LogP contribution in [0.5, 0.6) is 0 Å². The lowest BCUT2D eigenvalue weighted by Gasteiger charge is -2.13. The van der Waals surface area contributed by atoms with Crippen molar-refractivity contribution in [3.63, 3.8) is 0 Å². The molecular weight excluding hydrogens is 671 g/mol. The highest BCUT2D eigenvalue weighted by Gasteiger charge is 2.18. The summed E-state index contributed by atoms with van der Waals surface area (Å²) in [6.07, 6.45) is 0. The van der Waals surface area contributed by atoms with Crippen LogP contribution in [-0.4, -0.2) is 13.7 Å². The Bertz CT molecular complexity index is 3400. The van der Waals surface area contributed by atoms with Crippen LogP contribution < -0.4 is 0 Å². The molecule has 254 valence electrons. The van der Waals surface area contributed by atoms with Crippen LogP contribution >= 0.6 is 0 Å². The molecule has 0 atom stereocenters. The quantitative estimate of drug-likeness (QED) is 0.163. The van der Waals surface area contributed by atoms with Crippen molar-refractivity contribution in [2.75, 3.05) is 0 Å². The average molecular weight is 700 g/mol. The van der Waals surface area contributed by atoms with E-state index in [1.54, 1.807) is 0 Å². The highest BCUT2D eigenvalue weighted by Crippen LogP contribution is 2.39. The van der Waals surface area contributed by atoms with Gasteiger partial charge in [-0.3, -0.25) is 0 Å². The van der Waals surface area contributed by atoms with Crippen molar-refractivity contribution in [2.24, 2.45) is 0 Å². The van der Waals surface area contributed by atoms with E-state index in [4.69, 9.17) is 13.1 Å². The lowest BCUT2D eigenvalue weighted by Crippen LogP contribution is -1.97. The molecule has 0 N–H and O–H groups in total. The molecule has 11 rings (SSSR count). The molecular formula is C50H29N5. The number of fused-ring (bicyclic) bond motifs is 9. The number of rotatable bonds is 4. The molecule has 3 aromatic heterocycles. The van der Waals surface area contributed by atoms with Crippen LogP contribution in [0, 0.1) is 13.1 Å². The molecule has 11 aromatic rings. The van der Waals surface area contributed by atoms with E-state index in [1.165, 1.54) is 21.5 Å². The van der Waals surface area contributed by atoms with E-state index >= 15 is 0 Å². The number of hydrogen-bond acceptors (Lipinski definition) is 0. The van der Waals surface area contributed by atoms with Crippen LogP contribution in [0.15, 0.2) is 176 Å². The van der Waals surface area contributed by atoms with E-state index in [-0.39, 0.29) is 0 Å². The summed E-state index contributed by atoms with van der Waals surface area (Å²) in [4.78, 5) is 7.62. The van der Waals surface area contributed by atoms with E-state index in [1.807, 2.05) is 24.3 Å². The summed E-state index contributed by atoms with van der Waals surface area (Å²) in [5, 5.41) is 6.96. The van der Waals surface area contributed by atoms with E-state index in [9.17, 15) is 0 Å². The minimum Gasteiger partial charge on any atom is -0.310 e. The predicted octanol–water partition coefficient (Wildman–Crippen LogP) is 13.7. The number of nitrogens with zero attached hydrogens (tertiary/aromatic N) is 5. The summed E-state index contributed by atoms with van der Waals surface area (Å²) in [6, 6.07) is 61.5. The first-order chi connectivity index (χ1) is 27.2. The largest absolute Gasteiger partial charge is 0.310 e. The van der Waals surface area contributed by atoms with Gasteiger partial charge in [-0.05, 0) is 95.4 Å². The first-order valence-corrected chi connectivity index (χ1v) is 18.2. The Morgan fingerprint density at radius 3 is 1.35 bits per heavy atom. The highest BCUT2D eigenvalue weighted by atomic mass is 15.0. The Hall–Kier alpha value is -7.86. The van der Waals surface area contributed by atoms with Gasteiger partial charge in [-0.25, -0.2) is 9.69 Å². The van der Waals surface area contributed by atoms with Gasteiger partial charge in [-0.15, -0.1) is 0 Å². The molecule has 3 heterocycles. The molecule has 0 saturated heterocycles. The van der Waals surface area contributed by atoms with Gasteiger partial charge in [-0.2, -0.15) is 0 Å². The van der Waals surface area contributed by atoms with Gasteiger partial charge in [0.1, 0.15) is 0 Å². The molecule has 8 aromatic carbocycles. The lowest BCUT2D eigenvalue weighted by atomic mass is 10.0. The summed E-state index contributed by atoms with van der Waals surface area (Å²) < 4.78 is 6.93. The molecule has 0 bridgehead atoms. The van der Waals surface area contributed by atoms with Crippen LogP contribution in [0.3, 0.4) is 0 Å². The zero-order valence-corrected chi connectivity index (χ0v) is 29.5. The molecule has 0 fully saturated rings. The van der Waals surface area contributed by atoms with Gasteiger partial charge in [0, 0.05) is 44.0 Å². The van der Waals surface area contributed by atoms with E-state index in [0.29, 0.717) is 11.4 Å². The van der Waals surface area contributed by atoms with Crippen LogP contribution in [0.1, 0.15) is 0 Å². The summed E-state index contributed by atoms with van der Waals surface area (Å²) in [5.41, 5.74) is 13.0. The van der Waals surface area contributed by atoms with Crippen LogP contribution in [-0.2, 0) is 0 Å². The molecule has 0 aliphatic carbocycles. The molecule has 0 amide bonds. The first kappa shape index (κ1) is 30.7. The average Bonchev–Trinajstić information content (AvgIpc) is 3.88. The first-order valence-electron chi connectivity index (χ1n) is 18.2. The van der Waals surface area contributed by atoms with Gasteiger partial charge in [0.25, 0.3) is 0 Å². The molecule has 0 saturated carbocycles. The summed E-state index contributed by atoms with van der Waals surface area (Å²) >= 11 is 0. The van der Waals surface area contributed by atoms with Crippen molar-refractivity contribution >= 4 is 76.8 Å². The maximum absolute atomic E-state index is 8.01. The lowest BCUT2D eigenvalue weighted by molar-refractivity contribution is 1.15. The maximum atomic E-state index is 8.01. The second-order valence-corrected chi connectivity index (χ2v) is 14.0. The van der Waals surface area contributed by atoms with Crippen LogP contribution in [0.25, 0.3) is 103 Å². The predicted molar refractivity (Wildman–Crippen MR) is 227 cm³/mol. The fraction of sp³-hybridized carbons (Fsp3) is 0. The molecule has 55 heavy (non-hydrogen) atoms. The normalized spacial score (nSPS) is 11.6. The van der Waals surface area contributed by atoms with E-state index in [2.05, 4.69) is 175 Å². The topological polar surface area (TPSA) is 23.5 Å². The van der Waals surface area contributed by atoms with Gasteiger partial charge in [-0.1, -0.05) is 97.1 Å². The number of aromatic nitrogens is 3. The van der Waals surface area contributed by atoms with E-state index in [0.717, 1.165) is 72.1 Å². The summed E-state index contributed by atoms with van der Waals surface area (Å²) in [6.45, 7) is 15.6. The minimum atomic E-state index is 0.601. The second-order valence-electron chi connectivity index (χ2n) is 14.0. The third-order valence-electron chi connectivity index (χ3n) is 11.0. The van der Waals surface area contributed by atoms with Crippen molar-refractivity contribution in [2.45, 2.75) is 0 Å². The Morgan fingerprint density at radius 1 is 0.291 bits per heavy atom. The fourth-order valence-electron chi connectivity index (χ4n) is 8.64. The van der Waals surface area contributed by atoms with Gasteiger partial charge in [0.15, 0.2) is 11.4 Å². The Kier molecular flexibility index (Phi) is 6.61. The van der Waals surface area contributed by atoms with Crippen LogP contribution in [0.2, 0.25) is 0 Å². The van der Waals surface area contributed by atoms with Crippen molar-refractivity contribution in [1.82, 2.24) is 13.7 Å². The van der Waals surface area contributed by atoms with E-state index < -0.39 is 0 Å². The number of para-hydroxylation sites is 4. The molecule has 0 aliphatic rings. The van der Waals surface area contributed by atoms with Crippen molar-refractivity contribution < 1.29 is 0 Å². The Labute approximate surface area is 316 Å². The standard InChI is InChI=1S/C50H29N5/c1-51-34-21-26-49-44(30-34)42-14-6-10-18-48(42)54(49)37-24-25-43-41-13-5-7-15-45(41)53(50(43)31-37)36-22-19-32(20-23-36)33-27-35(52-2)29-38(28-33)55-46-16-8-3-11-39(46)40-12-4-9-17-47(40)55/h3-31H. The van der Waals surface area contributed by atoms with Crippen LogP contribution in [0.4, 0.5) is 11.4 Å². The monoisotopic (exact) mass is 699 g/mol. The van der Waals surface area contributed by atoms with Gasteiger partial charge >= 0.3 is 0 Å². The van der Waals surface area contributed by atoms with Crippen molar-refractivity contribution in [3.05, 3.63) is 199 Å². The second kappa shape index (κ2) is 11.8. The smallest absolute Gasteiger partial charge is 0.189 e. The maximum Gasteiger partial charge on any atom is 0.189 e. The SMILES string of the molecule is [C-]#[N+]c1cc(-c2ccc(-n3c4ccccc4c4ccc(-n5c6ccccc6c6cc([N+]#[C-])ccc65)cc43)cc2)cc(-n2c3ccccc3c3ccccc32)c1. The molecule has 0 unspecified atom stereocenters. The molecule has 0 aliphatic heterocycles. The zero-order chi connectivity index (χ0) is 36.6. The fourth-order valence-corrected chi connectivity index (χ4v) is 8.64. The highest BCUT2D eigenvalue weighted by molar-refractivity contribution is 6.13. The summed E-state index contributed by atoms with van der Waals surface area (Å²) in [7, 11) is 0. The Morgan fingerprint density at radius 2 is 0.764 bits per heavy atom. The summed E-state index contributed by atoms with van der Waals surface area (Å²) in [5.74, 6) is 0. The molecule has 5 nitrogen and oxygen atoms in total. The molecule has 0 radical (unpaired) electrons. The van der Waals surface area contributed by atoms with Crippen molar-refractivity contribution in [3.8, 4) is 28.2 Å². The number of benzene rings is 8. The van der Waals surface area contributed by atoms with Gasteiger partial charge in [0.05, 0.1) is 46.2 Å². The molecule has 5 heteroatoms. The zero-order valence-electron chi connectivity index (χ0n) is 29.5. The van der Waals surface area contributed by atoms with Gasteiger partial charge < -0.3 is 13.7 Å². The van der Waals surface area contributed by atoms with Gasteiger partial charge in [0.2, 0.25) is 0 Å².